The molecule has 4 heteroatoms. The van der Waals surface area contributed by atoms with E-state index in [4.69, 9.17) is 4.74 Å². The van der Waals surface area contributed by atoms with E-state index in [1.165, 1.54) is 0 Å². The number of fused-ring (bicyclic) bond motifs is 1. The Hall–Kier alpha value is -1.71. The van der Waals surface area contributed by atoms with Gasteiger partial charge in [0.15, 0.2) is 0 Å². The fourth-order valence-corrected chi connectivity index (χ4v) is 2.39. The first kappa shape index (κ1) is 13.7. The van der Waals surface area contributed by atoms with Gasteiger partial charge in [0, 0.05) is 31.7 Å². The summed E-state index contributed by atoms with van der Waals surface area (Å²) in [5.41, 5.74) is 1.52. The molecule has 0 fully saturated rings. The molecule has 1 amide bonds. The van der Waals surface area contributed by atoms with E-state index in [-0.39, 0.29) is 11.4 Å². The molecule has 0 radical (unpaired) electrons. The van der Waals surface area contributed by atoms with Crippen LogP contribution in [-0.2, 0) is 0 Å². The van der Waals surface area contributed by atoms with Crippen molar-refractivity contribution >= 4 is 11.6 Å². The molecule has 0 saturated carbocycles. The van der Waals surface area contributed by atoms with Crippen molar-refractivity contribution in [3.8, 4) is 5.75 Å². The third kappa shape index (κ3) is 2.53. The first-order valence-electron chi connectivity index (χ1n) is 6.56. The Morgan fingerprint density at radius 1 is 1.21 bits per heavy atom. The van der Waals surface area contributed by atoms with E-state index in [1.54, 1.807) is 7.11 Å². The number of likely N-dealkylation sites (N-methyl/N-ethyl adjacent to an activating group) is 1. The summed E-state index contributed by atoms with van der Waals surface area (Å²) in [4.78, 5) is 16.7. The molecular weight excluding hydrogens is 240 g/mol. The predicted octanol–water partition coefficient (Wildman–Crippen LogP) is 2.39. The minimum Gasteiger partial charge on any atom is -0.497 e. The maximum absolute atomic E-state index is 12.7. The Labute approximate surface area is 115 Å². The van der Waals surface area contributed by atoms with E-state index in [0.29, 0.717) is 0 Å². The number of methoxy groups -OCH3 is 1. The van der Waals surface area contributed by atoms with Crippen molar-refractivity contribution in [2.75, 3.05) is 32.1 Å². The number of nitrogens with zero attached hydrogens (tertiary/aromatic N) is 2. The second kappa shape index (κ2) is 4.76. The van der Waals surface area contributed by atoms with Gasteiger partial charge in [0.05, 0.1) is 18.4 Å². The maximum Gasteiger partial charge on any atom is 0.256 e. The molecule has 0 unspecified atom stereocenters. The average Bonchev–Trinajstić information content (AvgIpc) is 2.47. The summed E-state index contributed by atoms with van der Waals surface area (Å²) in [5, 5.41) is 0. The number of amides is 1. The highest BCUT2D eigenvalue weighted by atomic mass is 16.5. The molecule has 0 atom stereocenters. The summed E-state index contributed by atoms with van der Waals surface area (Å²) >= 11 is 0. The van der Waals surface area contributed by atoms with E-state index in [1.807, 2.05) is 30.1 Å². The topological polar surface area (TPSA) is 32.8 Å². The molecule has 0 aromatic heterocycles. The Morgan fingerprint density at radius 3 is 2.47 bits per heavy atom. The Morgan fingerprint density at radius 2 is 1.89 bits per heavy atom. The molecule has 0 bridgehead atoms. The first-order valence-corrected chi connectivity index (χ1v) is 6.56. The van der Waals surface area contributed by atoms with Crippen LogP contribution in [0.5, 0.6) is 5.75 Å². The largest absolute Gasteiger partial charge is 0.497 e. The van der Waals surface area contributed by atoms with Crippen molar-refractivity contribution < 1.29 is 9.53 Å². The smallest absolute Gasteiger partial charge is 0.256 e. The van der Waals surface area contributed by atoms with Crippen LogP contribution in [-0.4, -0.2) is 43.6 Å². The van der Waals surface area contributed by atoms with Gasteiger partial charge in [0.2, 0.25) is 0 Å². The third-order valence-corrected chi connectivity index (χ3v) is 3.56. The predicted molar refractivity (Wildman–Crippen MR) is 77.1 cm³/mol. The zero-order chi connectivity index (χ0) is 14.2. The van der Waals surface area contributed by atoms with Gasteiger partial charge in [-0.1, -0.05) is 0 Å². The van der Waals surface area contributed by atoms with Gasteiger partial charge in [-0.05, 0) is 32.9 Å². The molecular formula is C15H22N2O2. The van der Waals surface area contributed by atoms with Gasteiger partial charge in [-0.2, -0.15) is 0 Å². The van der Waals surface area contributed by atoms with E-state index in [0.717, 1.165) is 30.1 Å². The standard InChI is InChI=1S/C15H22N2O2/c1-15(2,3)17-9-8-16(4)13-10-11(19-5)6-7-12(13)14(17)18/h6-7,10H,8-9H2,1-5H3. The molecule has 1 aliphatic heterocycles. The van der Waals surface area contributed by atoms with Crippen LogP contribution in [0.1, 0.15) is 31.1 Å². The lowest BCUT2D eigenvalue weighted by Gasteiger charge is -2.34. The number of anilines is 1. The Bertz CT molecular complexity index is 491. The highest BCUT2D eigenvalue weighted by molar-refractivity contribution is 6.01. The van der Waals surface area contributed by atoms with E-state index in [2.05, 4.69) is 25.7 Å². The van der Waals surface area contributed by atoms with Gasteiger partial charge in [-0.15, -0.1) is 0 Å². The average molecular weight is 262 g/mol. The van der Waals surface area contributed by atoms with Crippen LogP contribution in [0.4, 0.5) is 5.69 Å². The zero-order valence-electron chi connectivity index (χ0n) is 12.4. The van der Waals surface area contributed by atoms with Gasteiger partial charge in [0.25, 0.3) is 5.91 Å². The SMILES string of the molecule is COc1ccc2c(c1)N(C)CCN(C(C)(C)C)C2=O. The minimum atomic E-state index is -0.167. The van der Waals surface area contributed by atoms with Crippen molar-refractivity contribution in [2.24, 2.45) is 0 Å². The summed E-state index contributed by atoms with van der Waals surface area (Å²) < 4.78 is 5.25. The molecule has 0 spiro atoms. The van der Waals surface area contributed by atoms with Gasteiger partial charge in [-0.3, -0.25) is 4.79 Å². The lowest BCUT2D eigenvalue weighted by molar-refractivity contribution is 0.0600. The molecule has 1 heterocycles. The van der Waals surface area contributed by atoms with Crippen LogP contribution in [0.25, 0.3) is 0 Å². The third-order valence-electron chi connectivity index (χ3n) is 3.56. The number of carbonyl (C=O) groups excluding carboxylic acids is 1. The van der Waals surface area contributed by atoms with Gasteiger partial charge in [0.1, 0.15) is 5.75 Å². The molecule has 104 valence electrons. The van der Waals surface area contributed by atoms with Crippen LogP contribution in [0.2, 0.25) is 0 Å². The summed E-state index contributed by atoms with van der Waals surface area (Å²) in [6.07, 6.45) is 0. The molecule has 0 saturated heterocycles. The molecule has 0 N–H and O–H groups in total. The van der Waals surface area contributed by atoms with Crippen molar-refractivity contribution in [3.05, 3.63) is 23.8 Å². The molecule has 4 nitrogen and oxygen atoms in total. The molecule has 1 aliphatic rings. The van der Waals surface area contributed by atoms with Crippen LogP contribution < -0.4 is 9.64 Å². The fourth-order valence-electron chi connectivity index (χ4n) is 2.39. The molecule has 1 aromatic carbocycles. The quantitative estimate of drug-likeness (QED) is 0.779. The lowest BCUT2D eigenvalue weighted by Crippen LogP contribution is -2.46. The molecule has 2 rings (SSSR count). The highest BCUT2D eigenvalue weighted by Crippen LogP contribution is 2.30. The summed E-state index contributed by atoms with van der Waals surface area (Å²) in [6.45, 7) is 7.76. The molecule has 1 aromatic rings. The summed E-state index contributed by atoms with van der Waals surface area (Å²) in [6, 6.07) is 5.63. The van der Waals surface area contributed by atoms with E-state index >= 15 is 0 Å². The van der Waals surface area contributed by atoms with E-state index in [9.17, 15) is 4.79 Å². The van der Waals surface area contributed by atoms with Gasteiger partial charge < -0.3 is 14.5 Å². The second-order valence-electron chi connectivity index (χ2n) is 5.93. The number of ether oxygens (including phenoxy) is 1. The van der Waals surface area contributed by atoms with Crippen molar-refractivity contribution in [1.82, 2.24) is 4.90 Å². The van der Waals surface area contributed by atoms with Crippen molar-refractivity contribution in [1.29, 1.82) is 0 Å². The molecule has 19 heavy (non-hydrogen) atoms. The summed E-state index contributed by atoms with van der Waals surface area (Å²) in [7, 11) is 3.65. The Kier molecular flexibility index (Phi) is 3.43. The zero-order valence-corrected chi connectivity index (χ0v) is 12.4. The van der Waals surface area contributed by atoms with Crippen LogP contribution in [0, 0.1) is 0 Å². The Balaban J connectivity index is 2.49. The van der Waals surface area contributed by atoms with Gasteiger partial charge in [-0.25, -0.2) is 0 Å². The highest BCUT2D eigenvalue weighted by Gasteiger charge is 2.31. The number of rotatable bonds is 1. The number of hydrogen-bond donors (Lipinski definition) is 0. The van der Waals surface area contributed by atoms with E-state index < -0.39 is 0 Å². The van der Waals surface area contributed by atoms with Gasteiger partial charge >= 0.3 is 0 Å². The summed E-state index contributed by atoms with van der Waals surface area (Å²) in [5.74, 6) is 0.872. The minimum absolute atomic E-state index is 0.0921. The van der Waals surface area contributed by atoms with Crippen LogP contribution in [0.15, 0.2) is 18.2 Å². The molecule has 0 aliphatic carbocycles. The second-order valence-corrected chi connectivity index (χ2v) is 5.93. The van der Waals surface area contributed by atoms with Crippen LogP contribution >= 0.6 is 0 Å². The maximum atomic E-state index is 12.7. The van der Waals surface area contributed by atoms with Crippen molar-refractivity contribution in [3.63, 3.8) is 0 Å². The first-order chi connectivity index (χ1) is 8.84. The normalized spacial score (nSPS) is 16.2. The van der Waals surface area contributed by atoms with Crippen LogP contribution in [0.3, 0.4) is 0 Å². The number of benzene rings is 1. The number of carbonyl (C=O) groups is 1. The fraction of sp³-hybridized carbons (Fsp3) is 0.533. The monoisotopic (exact) mass is 262 g/mol. The number of hydrogen-bond acceptors (Lipinski definition) is 3. The van der Waals surface area contributed by atoms with Crippen molar-refractivity contribution in [2.45, 2.75) is 26.3 Å². The lowest BCUT2D eigenvalue weighted by atomic mass is 10.0.